The fraction of sp³-hybridized carbons (Fsp3) is 0.188. The molecule has 116 valence electrons. The highest BCUT2D eigenvalue weighted by Gasteiger charge is 2.16. The van der Waals surface area contributed by atoms with Gasteiger partial charge in [-0.3, -0.25) is 4.79 Å². The van der Waals surface area contributed by atoms with Gasteiger partial charge in [-0.2, -0.15) is 0 Å². The first-order valence-corrected chi connectivity index (χ1v) is 6.94. The molecule has 6 heteroatoms. The lowest BCUT2D eigenvalue weighted by Crippen LogP contribution is -2.28. The normalized spacial score (nSPS) is 12.0. The van der Waals surface area contributed by atoms with Crippen molar-refractivity contribution in [3.8, 4) is 0 Å². The molecule has 2 nitrogen and oxygen atoms in total. The van der Waals surface area contributed by atoms with Gasteiger partial charge in [0.1, 0.15) is 5.82 Å². The summed E-state index contributed by atoms with van der Waals surface area (Å²) in [5.74, 6) is -3.26. The Morgan fingerprint density at radius 2 is 1.73 bits per heavy atom. The van der Waals surface area contributed by atoms with Gasteiger partial charge in [-0.15, -0.1) is 0 Å². The van der Waals surface area contributed by atoms with E-state index in [2.05, 4.69) is 5.32 Å². The van der Waals surface area contributed by atoms with E-state index in [0.29, 0.717) is 0 Å². The van der Waals surface area contributed by atoms with Crippen molar-refractivity contribution in [2.24, 2.45) is 0 Å². The van der Waals surface area contributed by atoms with Crippen molar-refractivity contribution in [3.63, 3.8) is 0 Å². The summed E-state index contributed by atoms with van der Waals surface area (Å²) < 4.78 is 39.0. The van der Waals surface area contributed by atoms with E-state index in [1.165, 1.54) is 12.1 Å². The van der Waals surface area contributed by atoms with Crippen LogP contribution in [0.2, 0.25) is 5.02 Å². The minimum atomic E-state index is -1.14. The molecule has 2 aromatic rings. The van der Waals surface area contributed by atoms with E-state index in [1.807, 2.05) is 6.92 Å². The van der Waals surface area contributed by atoms with Crippen LogP contribution >= 0.6 is 11.6 Å². The van der Waals surface area contributed by atoms with Gasteiger partial charge in [-0.25, -0.2) is 13.2 Å². The van der Waals surface area contributed by atoms with Gasteiger partial charge in [0.25, 0.3) is 5.91 Å². The monoisotopic (exact) mass is 327 g/mol. The quantitative estimate of drug-likeness (QED) is 0.834. The largest absolute Gasteiger partial charge is 0.351 e. The Morgan fingerprint density at radius 3 is 2.36 bits per heavy atom. The predicted molar refractivity (Wildman–Crippen MR) is 78.5 cm³/mol. The molecule has 0 saturated heterocycles. The summed E-state index contributed by atoms with van der Waals surface area (Å²) >= 11 is 5.74. The number of nitrogens with one attached hydrogen (secondary N) is 1. The van der Waals surface area contributed by atoms with Crippen molar-refractivity contribution < 1.29 is 18.0 Å². The number of amides is 1. The molecule has 0 aliphatic carbocycles. The summed E-state index contributed by atoms with van der Waals surface area (Å²) in [5, 5.41) is 2.43. The van der Waals surface area contributed by atoms with Gasteiger partial charge in [-0.1, -0.05) is 30.7 Å². The molecule has 22 heavy (non-hydrogen) atoms. The second-order valence-electron chi connectivity index (χ2n) is 4.91. The van der Waals surface area contributed by atoms with Crippen LogP contribution in [0.5, 0.6) is 0 Å². The maximum Gasteiger partial charge on any atom is 0.252 e. The van der Waals surface area contributed by atoms with Crippen molar-refractivity contribution in [1.29, 1.82) is 0 Å². The van der Waals surface area contributed by atoms with Gasteiger partial charge in [0, 0.05) is 6.54 Å². The first-order valence-electron chi connectivity index (χ1n) is 6.56. The van der Waals surface area contributed by atoms with Crippen LogP contribution in [0.25, 0.3) is 0 Å². The van der Waals surface area contributed by atoms with Crippen molar-refractivity contribution in [2.45, 2.75) is 12.8 Å². The van der Waals surface area contributed by atoms with Gasteiger partial charge in [0.2, 0.25) is 0 Å². The molecule has 0 spiro atoms. The third-order valence-corrected chi connectivity index (χ3v) is 3.58. The molecule has 0 bridgehead atoms. The Kier molecular flexibility index (Phi) is 5.08. The summed E-state index contributed by atoms with van der Waals surface area (Å²) in [6, 6.07) is 7.43. The van der Waals surface area contributed by atoms with Gasteiger partial charge < -0.3 is 5.32 Å². The number of carbonyl (C=O) groups is 1. The second kappa shape index (κ2) is 6.83. The van der Waals surface area contributed by atoms with Gasteiger partial charge >= 0.3 is 0 Å². The lowest BCUT2D eigenvalue weighted by atomic mass is 10.0. The van der Waals surface area contributed by atoms with E-state index in [-0.39, 0.29) is 28.9 Å². The molecule has 1 amide bonds. The fourth-order valence-electron chi connectivity index (χ4n) is 1.95. The average Bonchev–Trinajstić information content (AvgIpc) is 2.49. The molecule has 0 saturated carbocycles. The number of hydrogen-bond donors (Lipinski definition) is 1. The van der Waals surface area contributed by atoms with Crippen LogP contribution in [-0.4, -0.2) is 12.5 Å². The van der Waals surface area contributed by atoms with E-state index in [9.17, 15) is 18.0 Å². The zero-order valence-electron chi connectivity index (χ0n) is 11.7. The van der Waals surface area contributed by atoms with Crippen LogP contribution < -0.4 is 5.32 Å². The lowest BCUT2D eigenvalue weighted by molar-refractivity contribution is 0.0951. The highest BCUT2D eigenvalue weighted by atomic mass is 35.5. The Hall–Kier alpha value is -2.01. The van der Waals surface area contributed by atoms with Crippen molar-refractivity contribution in [1.82, 2.24) is 5.32 Å². The Bertz CT molecular complexity index is 689. The van der Waals surface area contributed by atoms with Crippen molar-refractivity contribution in [3.05, 3.63) is 70.0 Å². The predicted octanol–water partition coefficient (Wildman–Crippen LogP) is 4.29. The molecule has 0 radical (unpaired) electrons. The lowest BCUT2D eigenvalue weighted by Gasteiger charge is -2.14. The number of carbonyl (C=O) groups excluding carboxylic acids is 1. The first kappa shape index (κ1) is 16.4. The number of benzene rings is 2. The van der Waals surface area contributed by atoms with E-state index < -0.39 is 17.5 Å². The standard InChI is InChI=1S/C16H13ClF3NO/c1-9(10-2-4-11(18)5-3-10)8-21-16(22)12-6-14(19)15(20)7-13(12)17/h2-7,9H,8H2,1H3,(H,21,22). The number of halogens is 4. The Balaban J connectivity index is 2.03. The van der Waals surface area contributed by atoms with Crippen LogP contribution in [0, 0.1) is 17.5 Å². The number of hydrogen-bond acceptors (Lipinski definition) is 1. The molecule has 1 N–H and O–H groups in total. The maximum atomic E-state index is 13.2. The molecule has 0 aliphatic rings. The van der Waals surface area contributed by atoms with E-state index in [1.54, 1.807) is 12.1 Å². The molecule has 0 heterocycles. The maximum absolute atomic E-state index is 13.2. The zero-order valence-corrected chi connectivity index (χ0v) is 12.4. The van der Waals surface area contributed by atoms with Crippen molar-refractivity contribution in [2.75, 3.05) is 6.54 Å². The van der Waals surface area contributed by atoms with Gasteiger partial charge in [-0.05, 0) is 35.7 Å². The molecular weight excluding hydrogens is 315 g/mol. The summed E-state index contributed by atoms with van der Waals surface area (Å²) in [6.45, 7) is 2.10. The van der Waals surface area contributed by atoms with E-state index in [0.717, 1.165) is 17.7 Å². The second-order valence-corrected chi connectivity index (χ2v) is 5.32. The summed E-state index contributed by atoms with van der Waals surface area (Å²) in [6.07, 6.45) is 0. The number of rotatable bonds is 4. The molecular formula is C16H13ClF3NO. The summed E-state index contributed by atoms with van der Waals surface area (Å²) in [5.41, 5.74) is 0.713. The third-order valence-electron chi connectivity index (χ3n) is 3.26. The van der Waals surface area contributed by atoms with Crippen LogP contribution in [0.15, 0.2) is 36.4 Å². The zero-order chi connectivity index (χ0) is 16.3. The molecule has 2 aromatic carbocycles. The van der Waals surface area contributed by atoms with Crippen LogP contribution in [-0.2, 0) is 0 Å². The smallest absolute Gasteiger partial charge is 0.252 e. The highest BCUT2D eigenvalue weighted by molar-refractivity contribution is 6.33. The SMILES string of the molecule is CC(CNC(=O)c1cc(F)c(F)cc1Cl)c1ccc(F)cc1. The molecule has 1 atom stereocenters. The minimum Gasteiger partial charge on any atom is -0.351 e. The van der Waals surface area contributed by atoms with Crippen LogP contribution in [0.4, 0.5) is 13.2 Å². The molecule has 1 unspecified atom stereocenters. The molecule has 0 fully saturated rings. The van der Waals surface area contributed by atoms with Gasteiger partial charge in [0.15, 0.2) is 11.6 Å². The molecule has 2 rings (SSSR count). The minimum absolute atomic E-state index is 0.0754. The van der Waals surface area contributed by atoms with E-state index in [4.69, 9.17) is 11.6 Å². The summed E-state index contributed by atoms with van der Waals surface area (Å²) in [7, 11) is 0. The van der Waals surface area contributed by atoms with Crippen LogP contribution in [0.1, 0.15) is 28.8 Å². The Morgan fingerprint density at radius 1 is 1.14 bits per heavy atom. The Labute approximate surface area is 130 Å². The highest BCUT2D eigenvalue weighted by Crippen LogP contribution is 2.20. The fourth-order valence-corrected chi connectivity index (χ4v) is 2.18. The van der Waals surface area contributed by atoms with E-state index >= 15 is 0 Å². The van der Waals surface area contributed by atoms with Gasteiger partial charge in [0.05, 0.1) is 10.6 Å². The average molecular weight is 328 g/mol. The molecule has 0 aliphatic heterocycles. The molecule has 0 aromatic heterocycles. The third kappa shape index (κ3) is 3.80. The topological polar surface area (TPSA) is 29.1 Å². The first-order chi connectivity index (χ1) is 10.4. The van der Waals surface area contributed by atoms with Crippen LogP contribution in [0.3, 0.4) is 0 Å². The summed E-state index contributed by atoms with van der Waals surface area (Å²) in [4.78, 5) is 12.0. The van der Waals surface area contributed by atoms with Crippen molar-refractivity contribution >= 4 is 17.5 Å².